The minimum atomic E-state index is -4.70. The highest BCUT2D eigenvalue weighted by Gasteiger charge is 2.41. The summed E-state index contributed by atoms with van der Waals surface area (Å²) in [5.41, 5.74) is 0.282. The Morgan fingerprint density at radius 3 is 2.59 bits per heavy atom. The van der Waals surface area contributed by atoms with E-state index in [0.29, 0.717) is 35.5 Å². The van der Waals surface area contributed by atoms with Crippen LogP contribution in [-0.4, -0.2) is 47.4 Å². The van der Waals surface area contributed by atoms with Gasteiger partial charge in [0.05, 0.1) is 11.3 Å². The molecule has 0 N–H and O–H groups in total. The molecule has 0 saturated carbocycles. The Hall–Kier alpha value is -4.08. The van der Waals surface area contributed by atoms with Crippen LogP contribution in [-0.2, 0) is 18.9 Å². The lowest BCUT2D eigenvalue weighted by Gasteiger charge is -2.38. The van der Waals surface area contributed by atoms with Gasteiger partial charge in [-0.15, -0.1) is 15.3 Å². The number of halogens is 4. The number of aromatic nitrogens is 7. The molecule has 3 aromatic heterocycles. The first-order valence-corrected chi connectivity index (χ1v) is 10.3. The number of fused-ring (bicyclic) bond motifs is 1. The molecule has 4 heterocycles. The summed E-state index contributed by atoms with van der Waals surface area (Å²) in [6.07, 6.45) is -0.221. The van der Waals surface area contributed by atoms with E-state index >= 15 is 4.39 Å². The van der Waals surface area contributed by atoms with E-state index in [1.54, 1.807) is 29.8 Å². The van der Waals surface area contributed by atoms with Crippen molar-refractivity contribution in [2.24, 2.45) is 7.05 Å². The molecule has 0 atom stereocenters. The number of piperidine rings is 1. The van der Waals surface area contributed by atoms with Crippen molar-refractivity contribution in [2.45, 2.75) is 24.7 Å². The van der Waals surface area contributed by atoms with Crippen LogP contribution in [0.4, 0.5) is 23.2 Å². The first-order valence-electron chi connectivity index (χ1n) is 10.3. The summed E-state index contributed by atoms with van der Waals surface area (Å²) in [5, 5.41) is 20.9. The molecule has 1 saturated heterocycles. The van der Waals surface area contributed by atoms with Crippen molar-refractivity contribution in [3.05, 3.63) is 54.1 Å². The number of benzene rings is 1. The fraction of sp³-hybridized carbons (Fsp3) is 0.333. The third-order valence-electron chi connectivity index (χ3n) is 5.90. The maximum atomic E-state index is 15.6. The van der Waals surface area contributed by atoms with Crippen molar-refractivity contribution in [3.8, 4) is 17.2 Å². The highest BCUT2D eigenvalue weighted by molar-refractivity contribution is 5.82. The Kier molecular flexibility index (Phi) is 4.96. The molecule has 9 nitrogen and oxygen atoms in total. The fourth-order valence-electron chi connectivity index (χ4n) is 4.25. The monoisotopic (exact) mass is 471 g/mol. The van der Waals surface area contributed by atoms with Gasteiger partial charge in [0.25, 0.3) is 11.6 Å². The van der Waals surface area contributed by atoms with E-state index in [1.807, 2.05) is 4.90 Å². The zero-order chi connectivity index (χ0) is 24.1. The number of para-hydroxylation sites is 1. The van der Waals surface area contributed by atoms with Crippen LogP contribution >= 0.6 is 0 Å². The van der Waals surface area contributed by atoms with Gasteiger partial charge in [0, 0.05) is 56.5 Å². The third-order valence-corrected chi connectivity index (χ3v) is 5.90. The Labute approximate surface area is 190 Å². The second-order valence-corrected chi connectivity index (χ2v) is 8.05. The lowest BCUT2D eigenvalue weighted by atomic mass is 9.90. The van der Waals surface area contributed by atoms with Gasteiger partial charge in [0.2, 0.25) is 0 Å². The zero-order valence-corrected chi connectivity index (χ0v) is 17.8. The predicted molar refractivity (Wildman–Crippen MR) is 111 cm³/mol. The number of anilines is 1. The van der Waals surface area contributed by atoms with Gasteiger partial charge in [-0.3, -0.25) is 0 Å². The summed E-state index contributed by atoms with van der Waals surface area (Å²) in [4.78, 5) is 9.32. The van der Waals surface area contributed by atoms with Crippen molar-refractivity contribution in [1.29, 1.82) is 5.26 Å². The molecule has 0 spiro atoms. The summed E-state index contributed by atoms with van der Waals surface area (Å²) in [7, 11) is 1.68. The second kappa shape index (κ2) is 7.75. The number of rotatable bonds is 3. The van der Waals surface area contributed by atoms with E-state index in [1.165, 1.54) is 18.7 Å². The Bertz CT molecular complexity index is 1410. The minimum absolute atomic E-state index is 0.133. The molecule has 1 aliphatic heterocycles. The SMILES string of the molecule is Cn1cnnc1C1(F)CCN(c2c(C#N)cccc2-c2cnc3nc(C(F)(F)F)nn3c2)CC1. The lowest BCUT2D eigenvalue weighted by molar-refractivity contribution is -0.144. The van der Waals surface area contributed by atoms with Crippen molar-refractivity contribution in [3.63, 3.8) is 0 Å². The van der Waals surface area contributed by atoms with Crippen LogP contribution in [0.25, 0.3) is 16.9 Å². The molecule has 0 unspecified atom stereocenters. The van der Waals surface area contributed by atoms with Gasteiger partial charge < -0.3 is 9.47 Å². The average Bonchev–Trinajstić information content (AvgIpc) is 3.45. The highest BCUT2D eigenvalue weighted by atomic mass is 19.4. The topological polar surface area (TPSA) is 101 Å². The van der Waals surface area contributed by atoms with E-state index in [0.717, 1.165) is 4.52 Å². The fourth-order valence-corrected chi connectivity index (χ4v) is 4.25. The first kappa shape index (κ1) is 21.7. The van der Waals surface area contributed by atoms with Gasteiger partial charge in [0.1, 0.15) is 12.4 Å². The Morgan fingerprint density at radius 1 is 1.18 bits per heavy atom. The molecule has 1 fully saturated rings. The third kappa shape index (κ3) is 3.60. The van der Waals surface area contributed by atoms with Gasteiger partial charge in [0.15, 0.2) is 11.5 Å². The highest BCUT2D eigenvalue weighted by Crippen LogP contribution is 2.41. The second-order valence-electron chi connectivity index (χ2n) is 8.05. The molecule has 5 rings (SSSR count). The normalized spacial score (nSPS) is 16.1. The Balaban J connectivity index is 1.52. The number of hydrogen-bond donors (Lipinski definition) is 0. The van der Waals surface area contributed by atoms with Crippen LogP contribution < -0.4 is 4.90 Å². The summed E-state index contributed by atoms with van der Waals surface area (Å²) in [5.74, 6) is -1.23. The van der Waals surface area contributed by atoms with E-state index in [4.69, 9.17) is 0 Å². The molecular weight excluding hydrogens is 454 g/mol. The molecule has 0 radical (unpaired) electrons. The van der Waals surface area contributed by atoms with Crippen LogP contribution in [0.1, 0.15) is 30.1 Å². The smallest absolute Gasteiger partial charge is 0.370 e. The van der Waals surface area contributed by atoms with Crippen LogP contribution in [0.3, 0.4) is 0 Å². The maximum Gasteiger partial charge on any atom is 0.453 e. The minimum Gasteiger partial charge on any atom is -0.370 e. The predicted octanol–water partition coefficient (Wildman–Crippen LogP) is 3.28. The molecule has 0 bridgehead atoms. The molecular formula is C21H17F4N9. The standard InChI is InChI=1S/C21H17F4N9/c1-32-12-28-30-18(32)20(22)5-7-33(8-6-20)16-13(9-26)3-2-4-15(16)14-10-27-19-29-17(21(23,24)25)31-34(19)11-14/h2-4,10-12H,5-8H2,1H3. The van der Waals surface area contributed by atoms with E-state index in [2.05, 4.69) is 31.3 Å². The first-order chi connectivity index (χ1) is 16.2. The summed E-state index contributed by atoms with van der Waals surface area (Å²) >= 11 is 0. The summed E-state index contributed by atoms with van der Waals surface area (Å²) in [6, 6.07) is 7.21. The Morgan fingerprint density at radius 2 is 1.94 bits per heavy atom. The molecule has 34 heavy (non-hydrogen) atoms. The van der Waals surface area contributed by atoms with Gasteiger partial charge >= 0.3 is 6.18 Å². The molecule has 13 heteroatoms. The summed E-state index contributed by atoms with van der Waals surface area (Å²) in [6.45, 7) is 0.596. The van der Waals surface area contributed by atoms with Gasteiger partial charge in [-0.05, 0) is 6.07 Å². The molecule has 174 valence electrons. The van der Waals surface area contributed by atoms with Crippen LogP contribution in [0.15, 0.2) is 36.9 Å². The largest absolute Gasteiger partial charge is 0.453 e. The lowest BCUT2D eigenvalue weighted by Crippen LogP contribution is -2.42. The average molecular weight is 471 g/mol. The van der Waals surface area contributed by atoms with Gasteiger partial charge in [-0.1, -0.05) is 12.1 Å². The van der Waals surface area contributed by atoms with Crippen LogP contribution in [0.2, 0.25) is 0 Å². The van der Waals surface area contributed by atoms with E-state index in [9.17, 15) is 18.4 Å². The summed E-state index contributed by atoms with van der Waals surface area (Å²) < 4.78 is 57.1. The molecule has 1 aromatic carbocycles. The number of nitrogens with zero attached hydrogens (tertiary/aromatic N) is 9. The van der Waals surface area contributed by atoms with Crippen molar-refractivity contribution in [2.75, 3.05) is 18.0 Å². The maximum absolute atomic E-state index is 15.6. The van der Waals surface area contributed by atoms with E-state index in [-0.39, 0.29) is 24.4 Å². The number of hydrogen-bond acceptors (Lipinski definition) is 7. The molecule has 0 amide bonds. The van der Waals surface area contributed by atoms with Crippen molar-refractivity contribution in [1.82, 2.24) is 34.3 Å². The molecule has 0 aliphatic carbocycles. The molecule has 4 aromatic rings. The number of alkyl halides is 4. The van der Waals surface area contributed by atoms with Gasteiger partial charge in [-0.2, -0.15) is 23.4 Å². The quantitative estimate of drug-likeness (QED) is 0.423. The van der Waals surface area contributed by atoms with E-state index < -0.39 is 17.7 Å². The zero-order valence-electron chi connectivity index (χ0n) is 17.8. The van der Waals surface area contributed by atoms with Crippen molar-refractivity contribution < 1.29 is 17.6 Å². The van der Waals surface area contributed by atoms with Gasteiger partial charge in [-0.25, -0.2) is 13.9 Å². The number of aryl methyl sites for hydroxylation is 1. The van der Waals surface area contributed by atoms with Crippen LogP contribution in [0.5, 0.6) is 0 Å². The molecule has 1 aliphatic rings. The number of nitriles is 1. The van der Waals surface area contributed by atoms with Crippen molar-refractivity contribution >= 4 is 11.5 Å². The van der Waals surface area contributed by atoms with Crippen LogP contribution in [0, 0.1) is 11.3 Å².